The highest BCUT2D eigenvalue weighted by molar-refractivity contribution is 7.97. The van der Waals surface area contributed by atoms with Crippen LogP contribution in [0.3, 0.4) is 0 Å². The van der Waals surface area contributed by atoms with Gasteiger partial charge in [0.2, 0.25) is 11.8 Å². The summed E-state index contributed by atoms with van der Waals surface area (Å²) in [6.45, 7) is 3.41. The Morgan fingerprint density at radius 2 is 1.81 bits per heavy atom. The molecule has 2 rings (SSSR count). The lowest BCUT2D eigenvalue weighted by atomic mass is 10.1. The van der Waals surface area contributed by atoms with Gasteiger partial charge >= 0.3 is 0 Å². The molecule has 4 nitrogen and oxygen atoms in total. The Balaban J connectivity index is 1.87. The molecule has 0 saturated carbocycles. The first-order chi connectivity index (χ1) is 12.5. The number of aryl methyl sites for hydroxylation is 1. The minimum atomic E-state index is -0.249. The summed E-state index contributed by atoms with van der Waals surface area (Å²) in [7, 11) is 0. The number of amides is 2. The van der Waals surface area contributed by atoms with Crippen molar-refractivity contribution in [2.75, 3.05) is 16.9 Å². The molecular weight excluding hydrogens is 368 g/mol. The zero-order chi connectivity index (χ0) is 18.9. The first-order valence-electron chi connectivity index (χ1n) is 8.11. The number of anilines is 2. The molecule has 0 aliphatic heterocycles. The number of thioether (sulfide) groups is 1. The molecule has 2 aromatic carbocycles. The number of carbonyl (C=O) groups is 2. The summed E-state index contributed by atoms with van der Waals surface area (Å²) >= 11 is 7.83. The Labute approximate surface area is 163 Å². The second-order valence-corrected chi connectivity index (χ2v) is 6.95. The molecule has 0 fully saturated rings. The molecule has 136 valence electrons. The number of rotatable bonds is 8. The van der Waals surface area contributed by atoms with Gasteiger partial charge in [-0.1, -0.05) is 30.3 Å². The summed E-state index contributed by atoms with van der Waals surface area (Å²) in [5.41, 5.74) is 3.49. The SMILES string of the molecule is C=CC(=O)Nc1ccc(CCC(=O)Nc2ccc(Cl)c(CSC)c2)cc1. The molecule has 2 amide bonds. The highest BCUT2D eigenvalue weighted by atomic mass is 35.5. The van der Waals surface area contributed by atoms with Gasteiger partial charge in [0.25, 0.3) is 0 Å². The fourth-order valence-corrected chi connectivity index (χ4v) is 3.16. The van der Waals surface area contributed by atoms with Crippen LogP contribution in [0.15, 0.2) is 55.1 Å². The lowest BCUT2D eigenvalue weighted by molar-refractivity contribution is -0.116. The van der Waals surface area contributed by atoms with Gasteiger partial charge in [0.15, 0.2) is 0 Å². The standard InChI is InChI=1S/C20H21ClN2O2S/c1-3-19(24)22-16-7-4-14(5-8-16)6-11-20(25)23-17-9-10-18(21)15(12-17)13-26-2/h3-5,7-10,12H,1,6,11,13H2,2H3,(H,22,24)(H,23,25). The van der Waals surface area contributed by atoms with E-state index in [2.05, 4.69) is 17.2 Å². The van der Waals surface area contributed by atoms with Gasteiger partial charge in [0.1, 0.15) is 0 Å². The van der Waals surface area contributed by atoms with Gasteiger partial charge in [0.05, 0.1) is 0 Å². The van der Waals surface area contributed by atoms with E-state index < -0.39 is 0 Å². The molecule has 0 radical (unpaired) electrons. The number of hydrogen-bond acceptors (Lipinski definition) is 3. The van der Waals surface area contributed by atoms with Crippen LogP contribution in [0.25, 0.3) is 0 Å². The highest BCUT2D eigenvalue weighted by Gasteiger charge is 2.06. The van der Waals surface area contributed by atoms with Gasteiger partial charge in [-0.25, -0.2) is 0 Å². The molecule has 0 unspecified atom stereocenters. The third kappa shape index (κ3) is 6.24. The van der Waals surface area contributed by atoms with E-state index in [4.69, 9.17) is 11.6 Å². The van der Waals surface area contributed by atoms with Crippen molar-refractivity contribution >= 4 is 46.6 Å². The Bertz CT molecular complexity index is 791. The molecule has 2 N–H and O–H groups in total. The van der Waals surface area contributed by atoms with Crippen LogP contribution in [0.2, 0.25) is 5.02 Å². The largest absolute Gasteiger partial charge is 0.326 e. The molecule has 0 aliphatic carbocycles. The third-order valence-electron chi connectivity index (χ3n) is 3.68. The summed E-state index contributed by atoms with van der Waals surface area (Å²) in [6, 6.07) is 12.9. The predicted octanol–water partition coefficient (Wildman–Crippen LogP) is 4.90. The minimum Gasteiger partial charge on any atom is -0.326 e. The van der Waals surface area contributed by atoms with Crippen LogP contribution in [-0.4, -0.2) is 18.1 Å². The van der Waals surface area contributed by atoms with E-state index >= 15 is 0 Å². The van der Waals surface area contributed by atoms with Crippen molar-refractivity contribution in [1.29, 1.82) is 0 Å². The van der Waals surface area contributed by atoms with Gasteiger partial charge in [-0.2, -0.15) is 11.8 Å². The summed E-state index contributed by atoms with van der Waals surface area (Å²) in [4.78, 5) is 23.4. The minimum absolute atomic E-state index is 0.0496. The fraction of sp³-hybridized carbons (Fsp3) is 0.200. The van der Waals surface area contributed by atoms with E-state index in [1.807, 2.05) is 36.6 Å². The molecular formula is C20H21ClN2O2S. The summed E-state index contributed by atoms with van der Waals surface area (Å²) < 4.78 is 0. The van der Waals surface area contributed by atoms with Crippen molar-refractivity contribution < 1.29 is 9.59 Å². The second-order valence-electron chi connectivity index (χ2n) is 5.68. The van der Waals surface area contributed by atoms with Crippen molar-refractivity contribution in [1.82, 2.24) is 0 Å². The molecule has 0 spiro atoms. The van der Waals surface area contributed by atoms with Crippen LogP contribution in [0.5, 0.6) is 0 Å². The lowest BCUT2D eigenvalue weighted by Gasteiger charge is -2.09. The maximum atomic E-state index is 12.2. The zero-order valence-electron chi connectivity index (χ0n) is 14.5. The van der Waals surface area contributed by atoms with E-state index in [-0.39, 0.29) is 11.8 Å². The van der Waals surface area contributed by atoms with E-state index in [0.29, 0.717) is 23.6 Å². The van der Waals surface area contributed by atoms with E-state index in [9.17, 15) is 9.59 Å². The predicted molar refractivity (Wildman–Crippen MR) is 111 cm³/mol. The smallest absolute Gasteiger partial charge is 0.247 e. The molecule has 0 atom stereocenters. The highest BCUT2D eigenvalue weighted by Crippen LogP contribution is 2.24. The summed E-state index contributed by atoms with van der Waals surface area (Å²) in [5.74, 6) is 0.504. The normalized spacial score (nSPS) is 10.2. The molecule has 0 aliphatic rings. The Kier molecular flexibility index (Phi) is 7.75. The van der Waals surface area contributed by atoms with Gasteiger partial charge in [-0.05, 0) is 60.2 Å². The Morgan fingerprint density at radius 1 is 1.12 bits per heavy atom. The van der Waals surface area contributed by atoms with E-state index in [1.54, 1.807) is 23.9 Å². The van der Waals surface area contributed by atoms with Crippen LogP contribution in [0.4, 0.5) is 11.4 Å². The Morgan fingerprint density at radius 3 is 2.46 bits per heavy atom. The summed E-state index contributed by atoms with van der Waals surface area (Å²) in [5, 5.41) is 6.31. The second kappa shape index (κ2) is 10.0. The number of benzene rings is 2. The van der Waals surface area contributed by atoms with Gasteiger partial charge in [-0.3, -0.25) is 9.59 Å². The molecule has 0 saturated heterocycles. The zero-order valence-corrected chi connectivity index (χ0v) is 16.1. The Hall–Kier alpha value is -2.24. The van der Waals surface area contributed by atoms with Crippen LogP contribution in [0.1, 0.15) is 17.5 Å². The average molecular weight is 389 g/mol. The van der Waals surface area contributed by atoms with Crippen molar-refractivity contribution in [2.45, 2.75) is 18.6 Å². The van der Waals surface area contributed by atoms with Crippen LogP contribution < -0.4 is 10.6 Å². The van der Waals surface area contributed by atoms with Crippen LogP contribution in [-0.2, 0) is 21.8 Å². The molecule has 0 bridgehead atoms. The van der Waals surface area contributed by atoms with Crippen LogP contribution >= 0.6 is 23.4 Å². The maximum Gasteiger partial charge on any atom is 0.247 e. The van der Waals surface area contributed by atoms with E-state index in [0.717, 1.165) is 22.6 Å². The summed E-state index contributed by atoms with van der Waals surface area (Å²) in [6.07, 6.45) is 4.22. The van der Waals surface area contributed by atoms with Crippen molar-refractivity contribution in [2.24, 2.45) is 0 Å². The maximum absolute atomic E-state index is 12.2. The van der Waals surface area contributed by atoms with Crippen molar-refractivity contribution in [3.63, 3.8) is 0 Å². The molecule has 2 aromatic rings. The van der Waals surface area contributed by atoms with Crippen LogP contribution in [0, 0.1) is 0 Å². The fourth-order valence-electron chi connectivity index (χ4n) is 2.35. The van der Waals surface area contributed by atoms with E-state index in [1.165, 1.54) is 6.08 Å². The quantitative estimate of drug-likeness (QED) is 0.632. The number of halogens is 1. The van der Waals surface area contributed by atoms with Gasteiger partial charge in [-0.15, -0.1) is 0 Å². The van der Waals surface area contributed by atoms with Crippen molar-refractivity contribution in [3.8, 4) is 0 Å². The molecule has 0 heterocycles. The van der Waals surface area contributed by atoms with Crippen molar-refractivity contribution in [3.05, 3.63) is 71.3 Å². The number of hydrogen-bond donors (Lipinski definition) is 2. The first-order valence-corrected chi connectivity index (χ1v) is 9.88. The molecule has 0 aromatic heterocycles. The lowest BCUT2D eigenvalue weighted by Crippen LogP contribution is -2.12. The first kappa shape index (κ1) is 20.1. The monoisotopic (exact) mass is 388 g/mol. The number of nitrogens with one attached hydrogen (secondary N) is 2. The topological polar surface area (TPSA) is 58.2 Å². The van der Waals surface area contributed by atoms with Gasteiger partial charge < -0.3 is 10.6 Å². The molecule has 6 heteroatoms. The third-order valence-corrected chi connectivity index (χ3v) is 4.65. The van der Waals surface area contributed by atoms with Gasteiger partial charge in [0, 0.05) is 28.6 Å². The average Bonchev–Trinajstić information content (AvgIpc) is 2.64. The molecule has 26 heavy (non-hydrogen) atoms. The number of carbonyl (C=O) groups excluding carboxylic acids is 2.